The Kier molecular flexibility index (Phi) is 6.13. The third-order valence-corrected chi connectivity index (χ3v) is 4.48. The first-order valence-electron chi connectivity index (χ1n) is 8.24. The Hall–Kier alpha value is -1.91. The molecule has 5 nitrogen and oxygen atoms in total. The summed E-state index contributed by atoms with van der Waals surface area (Å²) in [6.45, 7) is 6.15. The van der Waals surface area contributed by atoms with Gasteiger partial charge in [0, 0.05) is 12.4 Å². The molecule has 3 atom stereocenters. The van der Waals surface area contributed by atoms with Crippen molar-refractivity contribution in [3.8, 4) is 0 Å². The van der Waals surface area contributed by atoms with Crippen LogP contribution in [0.15, 0.2) is 24.5 Å². The van der Waals surface area contributed by atoms with Gasteiger partial charge in [-0.25, -0.2) is 9.59 Å². The number of carbonyl (C=O) groups is 2. The van der Waals surface area contributed by atoms with Gasteiger partial charge in [-0.15, -0.1) is 0 Å². The van der Waals surface area contributed by atoms with Crippen LogP contribution in [0.2, 0.25) is 0 Å². The molecule has 126 valence electrons. The van der Waals surface area contributed by atoms with Crippen molar-refractivity contribution in [2.45, 2.75) is 46.1 Å². The number of hydrogen-bond donors (Lipinski definition) is 0. The van der Waals surface area contributed by atoms with Gasteiger partial charge in [-0.05, 0) is 42.7 Å². The Labute approximate surface area is 137 Å². The molecule has 0 N–H and O–H groups in total. The summed E-state index contributed by atoms with van der Waals surface area (Å²) in [5, 5.41) is 0. The van der Waals surface area contributed by atoms with Crippen molar-refractivity contribution in [2.24, 2.45) is 17.8 Å². The van der Waals surface area contributed by atoms with E-state index in [0.29, 0.717) is 23.3 Å². The first-order chi connectivity index (χ1) is 11.0. The average molecular weight is 319 g/mol. The number of nitrogens with zero attached hydrogens (tertiary/aromatic N) is 1. The van der Waals surface area contributed by atoms with Crippen molar-refractivity contribution < 1.29 is 19.1 Å². The van der Waals surface area contributed by atoms with Crippen LogP contribution in [0.4, 0.5) is 0 Å². The lowest BCUT2D eigenvalue weighted by molar-refractivity contribution is -0.159. The minimum Gasteiger partial charge on any atom is -0.460 e. The average Bonchev–Trinajstić information content (AvgIpc) is 2.53. The second kappa shape index (κ2) is 8.09. The van der Waals surface area contributed by atoms with Crippen LogP contribution in [0.25, 0.3) is 0 Å². The third-order valence-electron chi connectivity index (χ3n) is 4.48. The highest BCUT2D eigenvalue weighted by atomic mass is 16.6. The van der Waals surface area contributed by atoms with Crippen LogP contribution in [-0.4, -0.2) is 29.6 Å². The smallest absolute Gasteiger partial charge is 0.344 e. The number of pyridine rings is 1. The normalized spacial score (nSPS) is 24.3. The molecule has 0 saturated heterocycles. The highest BCUT2D eigenvalue weighted by molar-refractivity contribution is 5.90. The lowest BCUT2D eigenvalue weighted by Gasteiger charge is -2.36. The van der Waals surface area contributed by atoms with Crippen LogP contribution < -0.4 is 0 Å². The predicted octanol–water partition coefficient (Wildman–Crippen LogP) is 3.24. The second-order valence-corrected chi connectivity index (χ2v) is 6.67. The molecule has 0 spiro atoms. The number of ether oxygens (including phenoxy) is 2. The number of carbonyl (C=O) groups excluding carboxylic acids is 2. The molecular weight excluding hydrogens is 294 g/mol. The fourth-order valence-corrected chi connectivity index (χ4v) is 3.15. The van der Waals surface area contributed by atoms with Gasteiger partial charge in [0.1, 0.15) is 6.10 Å². The van der Waals surface area contributed by atoms with E-state index in [1.807, 2.05) is 0 Å². The third kappa shape index (κ3) is 5.05. The number of hydrogen-bond acceptors (Lipinski definition) is 5. The predicted molar refractivity (Wildman–Crippen MR) is 85.7 cm³/mol. The van der Waals surface area contributed by atoms with Gasteiger partial charge in [0.25, 0.3) is 0 Å². The van der Waals surface area contributed by atoms with E-state index in [0.717, 1.165) is 12.8 Å². The minimum absolute atomic E-state index is 0.0779. The van der Waals surface area contributed by atoms with Crippen LogP contribution in [0, 0.1) is 17.8 Å². The molecule has 0 aliphatic heterocycles. The maximum atomic E-state index is 12.0. The van der Waals surface area contributed by atoms with Crippen LogP contribution in [0.1, 0.15) is 50.4 Å². The van der Waals surface area contributed by atoms with E-state index < -0.39 is 11.9 Å². The van der Waals surface area contributed by atoms with Gasteiger partial charge in [0.15, 0.2) is 6.61 Å². The van der Waals surface area contributed by atoms with Gasteiger partial charge < -0.3 is 9.47 Å². The zero-order valence-electron chi connectivity index (χ0n) is 14.0. The van der Waals surface area contributed by atoms with Crippen molar-refractivity contribution in [3.63, 3.8) is 0 Å². The van der Waals surface area contributed by atoms with E-state index in [9.17, 15) is 9.59 Å². The number of aromatic nitrogens is 1. The van der Waals surface area contributed by atoms with Crippen molar-refractivity contribution in [3.05, 3.63) is 30.1 Å². The largest absolute Gasteiger partial charge is 0.460 e. The van der Waals surface area contributed by atoms with Crippen LogP contribution in [0.5, 0.6) is 0 Å². The SMILES string of the molecule is CC(C)[C@H]1CC[C@@H](C)C[C@H]1OC(=O)COC(=O)c1ccncc1. The van der Waals surface area contributed by atoms with E-state index >= 15 is 0 Å². The maximum Gasteiger partial charge on any atom is 0.344 e. The van der Waals surface area contributed by atoms with Gasteiger partial charge in [-0.2, -0.15) is 0 Å². The maximum absolute atomic E-state index is 12.0. The number of esters is 2. The molecule has 1 aromatic rings. The summed E-state index contributed by atoms with van der Waals surface area (Å²) in [7, 11) is 0. The molecule has 0 bridgehead atoms. The topological polar surface area (TPSA) is 65.5 Å². The fraction of sp³-hybridized carbons (Fsp3) is 0.611. The van der Waals surface area contributed by atoms with Gasteiger partial charge in [-0.1, -0.05) is 27.2 Å². The lowest BCUT2D eigenvalue weighted by atomic mass is 9.75. The van der Waals surface area contributed by atoms with E-state index in [1.54, 1.807) is 12.1 Å². The quantitative estimate of drug-likeness (QED) is 0.780. The molecule has 5 heteroatoms. The van der Waals surface area contributed by atoms with E-state index in [4.69, 9.17) is 9.47 Å². The molecular formula is C18H25NO4. The van der Waals surface area contributed by atoms with Crippen LogP contribution in [0.3, 0.4) is 0 Å². The Morgan fingerprint density at radius 3 is 2.61 bits per heavy atom. The highest BCUT2D eigenvalue weighted by Gasteiger charge is 2.33. The summed E-state index contributed by atoms with van der Waals surface area (Å²) in [6.07, 6.45) is 6.07. The van der Waals surface area contributed by atoms with Gasteiger partial charge >= 0.3 is 11.9 Å². The van der Waals surface area contributed by atoms with Gasteiger partial charge in [-0.3, -0.25) is 4.98 Å². The van der Waals surface area contributed by atoms with Crippen molar-refractivity contribution >= 4 is 11.9 Å². The lowest BCUT2D eigenvalue weighted by Crippen LogP contribution is -2.36. The van der Waals surface area contributed by atoms with E-state index in [1.165, 1.54) is 18.8 Å². The van der Waals surface area contributed by atoms with Crippen molar-refractivity contribution in [1.29, 1.82) is 0 Å². The monoisotopic (exact) mass is 319 g/mol. The summed E-state index contributed by atoms with van der Waals surface area (Å²) in [5.41, 5.74) is 0.374. The molecule has 23 heavy (non-hydrogen) atoms. The van der Waals surface area contributed by atoms with Crippen LogP contribution >= 0.6 is 0 Å². The Balaban J connectivity index is 1.84. The van der Waals surface area contributed by atoms with Gasteiger partial charge in [0.2, 0.25) is 0 Å². The Bertz CT molecular complexity index is 529. The molecule has 0 aromatic carbocycles. The Morgan fingerprint density at radius 1 is 1.26 bits per heavy atom. The minimum atomic E-state index is -0.540. The fourth-order valence-electron chi connectivity index (χ4n) is 3.15. The zero-order valence-corrected chi connectivity index (χ0v) is 14.0. The molecule has 0 unspecified atom stereocenters. The molecule has 0 radical (unpaired) electrons. The summed E-state index contributed by atoms with van der Waals surface area (Å²) in [6, 6.07) is 3.09. The molecule has 1 saturated carbocycles. The summed E-state index contributed by atoms with van der Waals surface area (Å²) in [4.78, 5) is 27.7. The first-order valence-corrected chi connectivity index (χ1v) is 8.24. The summed E-state index contributed by atoms with van der Waals surface area (Å²) >= 11 is 0. The molecule has 1 aliphatic carbocycles. The molecule has 1 aromatic heterocycles. The van der Waals surface area contributed by atoms with Gasteiger partial charge in [0.05, 0.1) is 5.56 Å². The molecule has 1 fully saturated rings. The summed E-state index contributed by atoms with van der Waals surface area (Å²) < 4.78 is 10.6. The molecule has 1 aliphatic rings. The standard InChI is InChI=1S/C18H25NO4/c1-12(2)15-5-4-13(3)10-16(15)23-17(20)11-22-18(21)14-6-8-19-9-7-14/h6-9,12-13,15-16H,4-5,10-11H2,1-3H3/t13-,15-,16-/m1/s1. The molecule has 0 amide bonds. The van der Waals surface area contributed by atoms with Crippen LogP contribution in [-0.2, 0) is 14.3 Å². The first kappa shape index (κ1) is 17.4. The second-order valence-electron chi connectivity index (χ2n) is 6.67. The Morgan fingerprint density at radius 2 is 1.96 bits per heavy atom. The molecule has 2 rings (SSSR count). The van der Waals surface area contributed by atoms with Crippen molar-refractivity contribution in [2.75, 3.05) is 6.61 Å². The zero-order chi connectivity index (χ0) is 16.8. The van der Waals surface area contributed by atoms with Crippen molar-refractivity contribution in [1.82, 2.24) is 4.98 Å². The molecule has 1 heterocycles. The summed E-state index contributed by atoms with van der Waals surface area (Å²) in [5.74, 6) is 0.395. The number of rotatable bonds is 5. The van der Waals surface area contributed by atoms with E-state index in [-0.39, 0.29) is 12.7 Å². The van der Waals surface area contributed by atoms with E-state index in [2.05, 4.69) is 25.8 Å². The highest BCUT2D eigenvalue weighted by Crippen LogP contribution is 2.35.